The van der Waals surface area contributed by atoms with Crippen LogP contribution in [0.4, 0.5) is 0 Å². The second-order valence-electron chi connectivity index (χ2n) is 2.05. The molecular weight excluding hydrogens is 130 g/mol. The molecule has 2 N–H and O–H groups in total. The van der Waals surface area contributed by atoms with Crippen LogP contribution in [0.25, 0.3) is 0 Å². The summed E-state index contributed by atoms with van der Waals surface area (Å²) in [6.07, 6.45) is 4.52. The average Bonchev–Trinajstić information content (AvgIpc) is 1.89. The largest absolute Gasteiger partial charge is 0.386 e. The van der Waals surface area contributed by atoms with Crippen LogP contribution >= 0.6 is 0 Å². The van der Waals surface area contributed by atoms with Crippen LogP contribution in [-0.2, 0) is 4.74 Å². The zero-order valence-electron chi connectivity index (χ0n) is 6.23. The van der Waals surface area contributed by atoms with Gasteiger partial charge in [0.2, 0.25) is 0 Å². The summed E-state index contributed by atoms with van der Waals surface area (Å²) < 4.78 is 5.20. The van der Waals surface area contributed by atoms with E-state index in [4.69, 9.17) is 10.5 Å². The van der Waals surface area contributed by atoms with Crippen molar-refractivity contribution in [3.63, 3.8) is 0 Å². The Balaban J connectivity index is 2.60. The molecule has 0 unspecified atom stereocenters. The van der Waals surface area contributed by atoms with E-state index in [1.807, 2.05) is 0 Å². The summed E-state index contributed by atoms with van der Waals surface area (Å²) in [6.45, 7) is 1.75. The topological polar surface area (TPSA) is 35.2 Å². The average molecular weight is 147 g/mol. The van der Waals surface area contributed by atoms with Crippen LogP contribution in [0.2, 0.25) is 0 Å². The molecule has 0 rings (SSSR count). The van der Waals surface area contributed by atoms with Gasteiger partial charge in [-0.2, -0.15) is 0 Å². The molecule has 0 aliphatic carbocycles. The highest BCUT2D eigenvalue weighted by molar-refractivity contribution is 6.08. The molecule has 0 aromatic carbocycles. The molecule has 0 bridgehead atoms. The zero-order chi connectivity index (χ0) is 6.95. The van der Waals surface area contributed by atoms with Crippen molar-refractivity contribution >= 4 is 10.2 Å². The molecule has 0 radical (unpaired) electrons. The fourth-order valence-electron chi connectivity index (χ4n) is 0.670. The van der Waals surface area contributed by atoms with Crippen molar-refractivity contribution < 1.29 is 4.74 Å². The Morgan fingerprint density at radius 3 is 2.56 bits per heavy atom. The first-order valence-electron chi connectivity index (χ1n) is 3.69. The van der Waals surface area contributed by atoms with Gasteiger partial charge in [0.25, 0.3) is 0 Å². The molecule has 0 aliphatic rings. The van der Waals surface area contributed by atoms with Gasteiger partial charge in [0.15, 0.2) is 0 Å². The fraction of sp³-hybridized carbons (Fsp3) is 1.00. The monoisotopic (exact) mass is 147 g/mol. The van der Waals surface area contributed by atoms with Crippen LogP contribution in [0.15, 0.2) is 0 Å². The third kappa shape index (κ3) is 8.14. The van der Waals surface area contributed by atoms with E-state index in [2.05, 4.69) is 0 Å². The lowest BCUT2D eigenvalue weighted by Gasteiger charge is -1.98. The van der Waals surface area contributed by atoms with E-state index in [-0.39, 0.29) is 0 Å². The van der Waals surface area contributed by atoms with E-state index >= 15 is 0 Å². The van der Waals surface area contributed by atoms with Crippen LogP contribution in [0.5, 0.6) is 0 Å². The van der Waals surface area contributed by atoms with Gasteiger partial charge < -0.3 is 10.5 Å². The van der Waals surface area contributed by atoms with Crippen LogP contribution in [-0.4, -0.2) is 29.6 Å². The van der Waals surface area contributed by atoms with Crippen molar-refractivity contribution in [3.05, 3.63) is 0 Å². The molecule has 0 atom stereocenters. The van der Waals surface area contributed by atoms with Crippen LogP contribution < -0.4 is 5.73 Å². The normalized spacial score (nSPS) is 10.3. The molecule has 0 saturated heterocycles. The van der Waals surface area contributed by atoms with Crippen molar-refractivity contribution in [1.29, 1.82) is 0 Å². The quantitative estimate of drug-likeness (QED) is 0.404. The van der Waals surface area contributed by atoms with Crippen molar-refractivity contribution in [1.82, 2.24) is 0 Å². The number of nitrogens with two attached hydrogens (primary N) is 1. The van der Waals surface area contributed by atoms with E-state index < -0.39 is 0 Å². The molecule has 0 fully saturated rings. The van der Waals surface area contributed by atoms with E-state index in [0.29, 0.717) is 0 Å². The summed E-state index contributed by atoms with van der Waals surface area (Å²) >= 11 is 0. The summed E-state index contributed by atoms with van der Waals surface area (Å²) in [5.41, 5.74) is 5.31. The van der Waals surface area contributed by atoms with Gasteiger partial charge in [0.1, 0.15) is 0 Å². The summed E-state index contributed by atoms with van der Waals surface area (Å²) in [6, 6.07) is 0. The highest BCUT2D eigenvalue weighted by atomic mass is 28.1. The Morgan fingerprint density at radius 2 is 2.00 bits per heavy atom. The molecule has 9 heavy (non-hydrogen) atoms. The maximum absolute atomic E-state index is 5.31. The van der Waals surface area contributed by atoms with Crippen molar-refractivity contribution in [2.45, 2.75) is 19.3 Å². The van der Waals surface area contributed by atoms with Gasteiger partial charge in [-0.3, -0.25) is 0 Å². The molecule has 0 aliphatic heterocycles. The first kappa shape index (κ1) is 9.14. The lowest BCUT2D eigenvalue weighted by molar-refractivity contribution is 0.173. The zero-order valence-corrected chi connectivity index (χ0v) is 8.23. The first-order valence-corrected chi connectivity index (χ1v) is 5.11. The third-order valence-electron chi connectivity index (χ3n) is 1.20. The predicted octanol–water partition coefficient (Wildman–Crippen LogP) is -0.545. The fourth-order valence-corrected chi connectivity index (χ4v) is 0.958. The summed E-state index contributed by atoms with van der Waals surface area (Å²) in [7, 11) is 1.16. The molecular formula is C6H17NOSi. The van der Waals surface area contributed by atoms with Crippen molar-refractivity contribution in [3.8, 4) is 0 Å². The molecule has 0 aromatic rings. The van der Waals surface area contributed by atoms with Crippen LogP contribution in [0.1, 0.15) is 19.3 Å². The molecule has 0 heterocycles. The minimum atomic E-state index is 0.820. The lowest BCUT2D eigenvalue weighted by atomic mass is 10.2. The minimum absolute atomic E-state index is 0.820. The molecule has 0 amide bonds. The number of rotatable bonds is 6. The standard InChI is InChI=1S/C6H17NOSi/c7-4-2-1-3-5-8-6-9/h1-7H2,9H3. The minimum Gasteiger partial charge on any atom is -0.386 e. The van der Waals surface area contributed by atoms with Gasteiger partial charge in [-0.05, 0) is 25.8 Å². The van der Waals surface area contributed by atoms with Gasteiger partial charge in [0.05, 0.1) is 0 Å². The van der Waals surface area contributed by atoms with Crippen molar-refractivity contribution in [2.24, 2.45) is 5.73 Å². The van der Waals surface area contributed by atoms with Crippen molar-refractivity contribution in [2.75, 3.05) is 19.4 Å². The van der Waals surface area contributed by atoms with Gasteiger partial charge in [-0.25, -0.2) is 0 Å². The van der Waals surface area contributed by atoms with E-state index in [0.717, 1.165) is 36.0 Å². The summed E-state index contributed by atoms with van der Waals surface area (Å²) in [4.78, 5) is 0. The number of unbranched alkanes of at least 4 members (excludes halogenated alkanes) is 2. The summed E-state index contributed by atoms with van der Waals surface area (Å²) in [5.74, 6) is 0. The second-order valence-corrected chi connectivity index (χ2v) is 2.62. The molecule has 3 heteroatoms. The Bertz CT molecular complexity index is 46.3. The van der Waals surface area contributed by atoms with E-state index in [9.17, 15) is 0 Å². The molecule has 2 nitrogen and oxygen atoms in total. The maximum atomic E-state index is 5.31. The molecule has 0 spiro atoms. The highest BCUT2D eigenvalue weighted by Gasteiger charge is 1.85. The lowest BCUT2D eigenvalue weighted by Crippen LogP contribution is -2.00. The van der Waals surface area contributed by atoms with Gasteiger partial charge in [-0.15, -0.1) is 0 Å². The first-order chi connectivity index (χ1) is 4.41. The Hall–Kier alpha value is 0.137. The molecule has 0 aromatic heterocycles. The number of hydrogen-bond donors (Lipinski definition) is 1. The molecule has 0 saturated carbocycles. The van der Waals surface area contributed by atoms with E-state index in [1.54, 1.807) is 0 Å². The Morgan fingerprint density at radius 1 is 1.22 bits per heavy atom. The van der Waals surface area contributed by atoms with Gasteiger partial charge in [-0.1, -0.05) is 0 Å². The second kappa shape index (κ2) is 8.14. The Kier molecular flexibility index (Phi) is 8.26. The van der Waals surface area contributed by atoms with E-state index in [1.165, 1.54) is 12.8 Å². The van der Waals surface area contributed by atoms with Gasteiger partial charge >= 0.3 is 0 Å². The smallest absolute Gasteiger partial charge is 0.0461 e. The number of hydrogen-bond acceptors (Lipinski definition) is 2. The Labute approximate surface area is 60.2 Å². The predicted molar refractivity (Wildman–Crippen MR) is 43.7 cm³/mol. The third-order valence-corrected chi connectivity index (χ3v) is 1.61. The highest BCUT2D eigenvalue weighted by Crippen LogP contribution is 1.92. The summed E-state index contributed by atoms with van der Waals surface area (Å²) in [5, 5.41) is 0. The SMILES string of the molecule is NCCCCCOC[SiH3]. The molecule has 56 valence electrons. The maximum Gasteiger partial charge on any atom is 0.0461 e. The van der Waals surface area contributed by atoms with Crippen LogP contribution in [0.3, 0.4) is 0 Å². The van der Waals surface area contributed by atoms with Crippen LogP contribution in [0, 0.1) is 0 Å². The number of ether oxygens (including phenoxy) is 1. The van der Waals surface area contributed by atoms with Gasteiger partial charge in [0, 0.05) is 23.1 Å².